The van der Waals surface area contributed by atoms with Gasteiger partial charge >= 0.3 is 5.16 Å². The molecule has 3 heterocycles. The van der Waals surface area contributed by atoms with Gasteiger partial charge in [-0.2, -0.15) is 4.98 Å². The molecule has 0 amide bonds. The third-order valence-corrected chi connectivity index (χ3v) is 6.06. The molecule has 0 saturated heterocycles. The summed E-state index contributed by atoms with van der Waals surface area (Å²) in [6.07, 6.45) is 3.58. The molecule has 2 aromatic carbocycles. The Kier molecular flexibility index (Phi) is 4.46. The van der Waals surface area contributed by atoms with Crippen LogP contribution in [0.25, 0.3) is 27.9 Å². The molecule has 0 spiro atoms. The van der Waals surface area contributed by atoms with Crippen molar-refractivity contribution in [3.05, 3.63) is 88.7 Å². The predicted octanol–water partition coefficient (Wildman–Crippen LogP) is 4.09. The Bertz CT molecular complexity index is 1340. The van der Waals surface area contributed by atoms with Gasteiger partial charge < -0.3 is 4.55 Å². The van der Waals surface area contributed by atoms with Crippen LogP contribution in [0.15, 0.2) is 78.2 Å². The van der Waals surface area contributed by atoms with Gasteiger partial charge in [0.1, 0.15) is 11.4 Å². The standard InChI is InChI=1S/C21H15N5O3S/c27-26(28)16-9-7-14(8-10-16)19-12-22-20-15(4-3-11-25(19)20)13-30(29)21-23-17-5-1-2-6-18(17)24-21/h1-12H,13H2,(H,23,24). The van der Waals surface area contributed by atoms with E-state index in [0.717, 1.165) is 27.9 Å². The van der Waals surface area contributed by atoms with Crippen LogP contribution in [-0.2, 0) is 16.9 Å². The summed E-state index contributed by atoms with van der Waals surface area (Å²) in [4.78, 5) is 22.5. The lowest BCUT2D eigenvalue weighted by Gasteiger charge is -2.09. The van der Waals surface area contributed by atoms with Crippen LogP contribution in [0, 0.1) is 10.1 Å². The number of nitrogens with zero attached hydrogens (tertiary/aromatic N) is 4. The third-order valence-electron chi connectivity index (χ3n) is 4.86. The summed E-state index contributed by atoms with van der Waals surface area (Å²) in [6.45, 7) is 0. The van der Waals surface area contributed by atoms with Crippen LogP contribution < -0.4 is 0 Å². The number of nitro groups is 1. The highest BCUT2D eigenvalue weighted by molar-refractivity contribution is 7.90. The Balaban J connectivity index is 1.47. The molecule has 0 radical (unpaired) electrons. The average Bonchev–Trinajstić information content (AvgIpc) is 3.39. The number of aromatic nitrogens is 4. The maximum Gasteiger partial charge on any atom is 0.321 e. The van der Waals surface area contributed by atoms with Crippen molar-refractivity contribution in [1.82, 2.24) is 19.4 Å². The second kappa shape index (κ2) is 7.29. The maximum absolute atomic E-state index is 12.9. The Morgan fingerprint density at radius 3 is 2.63 bits per heavy atom. The number of nitrogens with one attached hydrogen (secondary N) is 1. The summed E-state index contributed by atoms with van der Waals surface area (Å²) in [6, 6.07) is 17.6. The van der Waals surface area contributed by atoms with Crippen LogP contribution in [0.1, 0.15) is 5.56 Å². The molecule has 0 aliphatic carbocycles. The smallest absolute Gasteiger partial charge is 0.321 e. The Labute approximate surface area is 173 Å². The second-order valence-electron chi connectivity index (χ2n) is 6.72. The van der Waals surface area contributed by atoms with Crippen LogP contribution >= 0.6 is 0 Å². The van der Waals surface area contributed by atoms with Gasteiger partial charge in [0.2, 0.25) is 0 Å². The maximum atomic E-state index is 12.9. The van der Waals surface area contributed by atoms with E-state index in [1.54, 1.807) is 18.3 Å². The lowest BCUT2D eigenvalue weighted by atomic mass is 10.1. The molecule has 0 bridgehead atoms. The van der Waals surface area contributed by atoms with Gasteiger partial charge in [-0.05, 0) is 36.4 Å². The molecule has 148 valence electrons. The van der Waals surface area contributed by atoms with Crippen molar-refractivity contribution in [1.29, 1.82) is 0 Å². The number of para-hydroxylation sites is 2. The molecular formula is C21H15N5O3S. The monoisotopic (exact) mass is 417 g/mol. The topological polar surface area (TPSA) is 112 Å². The minimum absolute atomic E-state index is 0.0366. The molecule has 3 aromatic heterocycles. The normalized spacial score (nSPS) is 12.4. The van der Waals surface area contributed by atoms with Crippen molar-refractivity contribution in [2.75, 3.05) is 0 Å². The number of aromatic amines is 1. The van der Waals surface area contributed by atoms with Crippen LogP contribution in [0.3, 0.4) is 0 Å². The van der Waals surface area contributed by atoms with Gasteiger partial charge in [0.25, 0.3) is 5.69 Å². The van der Waals surface area contributed by atoms with Crippen molar-refractivity contribution in [3.63, 3.8) is 0 Å². The summed E-state index contributed by atoms with van der Waals surface area (Å²) in [5, 5.41) is 11.3. The van der Waals surface area contributed by atoms with E-state index in [1.165, 1.54) is 12.1 Å². The van der Waals surface area contributed by atoms with E-state index in [0.29, 0.717) is 10.8 Å². The zero-order valence-electron chi connectivity index (χ0n) is 15.6. The van der Waals surface area contributed by atoms with E-state index < -0.39 is 16.1 Å². The van der Waals surface area contributed by atoms with Gasteiger partial charge in [-0.1, -0.05) is 12.1 Å². The largest absolute Gasteiger partial charge is 0.609 e. The predicted molar refractivity (Wildman–Crippen MR) is 113 cm³/mol. The van der Waals surface area contributed by atoms with Crippen LogP contribution in [0.2, 0.25) is 0 Å². The first kappa shape index (κ1) is 18.3. The number of benzene rings is 2. The fraction of sp³-hybridized carbons (Fsp3) is 0.0476. The van der Waals surface area contributed by atoms with Gasteiger partial charge in [-0.25, -0.2) is 4.98 Å². The van der Waals surface area contributed by atoms with E-state index in [2.05, 4.69) is 15.0 Å². The van der Waals surface area contributed by atoms with E-state index >= 15 is 0 Å². The molecule has 0 fully saturated rings. The van der Waals surface area contributed by atoms with Gasteiger partial charge in [0, 0.05) is 40.6 Å². The molecule has 1 N–H and O–H groups in total. The van der Waals surface area contributed by atoms with Crippen LogP contribution in [0.4, 0.5) is 5.69 Å². The zero-order valence-corrected chi connectivity index (χ0v) is 16.4. The summed E-state index contributed by atoms with van der Waals surface area (Å²) in [5.74, 6) is 0.265. The van der Waals surface area contributed by atoms with Crippen LogP contribution in [0.5, 0.6) is 0 Å². The molecule has 5 aromatic rings. The lowest BCUT2D eigenvalue weighted by molar-refractivity contribution is -0.384. The highest BCUT2D eigenvalue weighted by Gasteiger charge is 2.20. The molecule has 0 aliphatic heterocycles. The first-order valence-electron chi connectivity index (χ1n) is 9.13. The van der Waals surface area contributed by atoms with Gasteiger partial charge in [-0.15, -0.1) is 0 Å². The first-order chi connectivity index (χ1) is 14.6. The molecule has 30 heavy (non-hydrogen) atoms. The number of H-pyrrole nitrogens is 1. The van der Waals surface area contributed by atoms with Crippen molar-refractivity contribution in [2.24, 2.45) is 0 Å². The van der Waals surface area contributed by atoms with Crippen molar-refractivity contribution in [2.45, 2.75) is 10.9 Å². The van der Waals surface area contributed by atoms with Crippen molar-refractivity contribution in [3.8, 4) is 11.3 Å². The molecule has 0 aliphatic rings. The summed E-state index contributed by atoms with van der Waals surface area (Å²) < 4.78 is 14.8. The van der Waals surface area contributed by atoms with Gasteiger partial charge in [0.15, 0.2) is 0 Å². The first-order valence-corrected chi connectivity index (χ1v) is 10.4. The number of non-ortho nitro benzene ring substituents is 1. The van der Waals surface area contributed by atoms with E-state index in [1.807, 2.05) is 47.0 Å². The fourth-order valence-corrected chi connectivity index (χ4v) is 4.46. The molecule has 9 heteroatoms. The number of nitro benzene ring substituents is 1. The number of pyridine rings is 1. The number of fused-ring (bicyclic) bond motifs is 2. The summed E-state index contributed by atoms with van der Waals surface area (Å²) in [7, 11) is 0. The van der Waals surface area contributed by atoms with Crippen LogP contribution in [-0.4, -0.2) is 28.8 Å². The zero-order chi connectivity index (χ0) is 20.7. The van der Waals surface area contributed by atoms with Crippen molar-refractivity contribution < 1.29 is 9.48 Å². The van der Waals surface area contributed by atoms with E-state index in [4.69, 9.17) is 0 Å². The summed E-state index contributed by atoms with van der Waals surface area (Å²) >= 11 is -1.36. The quantitative estimate of drug-likeness (QED) is 0.263. The molecule has 0 saturated carbocycles. The second-order valence-corrected chi connectivity index (χ2v) is 8.09. The minimum atomic E-state index is -1.36. The number of imidazole rings is 2. The molecule has 5 rings (SSSR count). The average molecular weight is 417 g/mol. The molecule has 1 unspecified atom stereocenters. The Hall–Kier alpha value is -3.69. The van der Waals surface area contributed by atoms with E-state index in [-0.39, 0.29) is 11.4 Å². The van der Waals surface area contributed by atoms with E-state index in [9.17, 15) is 14.7 Å². The fourth-order valence-electron chi connectivity index (χ4n) is 3.40. The number of hydrogen-bond acceptors (Lipinski definition) is 5. The van der Waals surface area contributed by atoms with Gasteiger partial charge in [-0.3, -0.25) is 19.5 Å². The highest BCUT2D eigenvalue weighted by Crippen LogP contribution is 2.26. The number of hydrogen-bond donors (Lipinski definition) is 1. The molecular weight excluding hydrogens is 402 g/mol. The lowest BCUT2D eigenvalue weighted by Crippen LogP contribution is -2.08. The number of rotatable bonds is 5. The Morgan fingerprint density at radius 2 is 1.87 bits per heavy atom. The third kappa shape index (κ3) is 3.19. The molecule has 8 nitrogen and oxygen atoms in total. The minimum Gasteiger partial charge on any atom is -0.609 e. The van der Waals surface area contributed by atoms with Gasteiger partial charge in [0.05, 0.1) is 27.8 Å². The molecule has 1 atom stereocenters. The summed E-state index contributed by atoms with van der Waals surface area (Å²) in [5.41, 5.74) is 4.79. The Morgan fingerprint density at radius 1 is 1.07 bits per heavy atom. The van der Waals surface area contributed by atoms with Crippen molar-refractivity contribution >= 4 is 33.5 Å². The SMILES string of the molecule is O=[N+]([O-])c1ccc(-c2cnc3c(C[S+]([O-])c4nc5ccccc5[nH]4)cccn23)cc1. The highest BCUT2D eigenvalue weighted by atomic mass is 32.2.